The molecule has 4 atom stereocenters. The van der Waals surface area contributed by atoms with Gasteiger partial charge in [0.25, 0.3) is 0 Å². The van der Waals surface area contributed by atoms with Gasteiger partial charge in [-0.2, -0.15) is 0 Å². The monoisotopic (exact) mass is 374 g/mol. The van der Waals surface area contributed by atoms with Gasteiger partial charge in [0, 0.05) is 0 Å². The molecular weight excluding hydrogens is 348 g/mol. The molecule has 2 saturated carbocycles. The first-order valence-corrected chi connectivity index (χ1v) is 8.90. The van der Waals surface area contributed by atoms with Crippen molar-refractivity contribution in [2.24, 2.45) is 0 Å². The van der Waals surface area contributed by atoms with E-state index in [1.165, 1.54) is 14.2 Å². The first kappa shape index (κ1) is 20.1. The first-order valence-electron chi connectivity index (χ1n) is 8.90. The first-order chi connectivity index (χ1) is 12.5. The molecule has 148 valence electrons. The van der Waals surface area contributed by atoms with Gasteiger partial charge in [0.1, 0.15) is 24.4 Å². The minimum atomic E-state index is -0.860. The Hall–Kier alpha value is -2.19. The lowest BCUT2D eigenvalue weighted by atomic mass is 9.94. The van der Waals surface area contributed by atoms with Crippen LogP contribution in [0.2, 0.25) is 0 Å². The summed E-state index contributed by atoms with van der Waals surface area (Å²) in [7, 11) is 2.44. The van der Waals surface area contributed by atoms with E-state index in [2.05, 4.69) is 9.47 Å². The maximum Gasteiger partial charge on any atom is 0.509 e. The van der Waals surface area contributed by atoms with Crippen molar-refractivity contribution in [3.8, 4) is 0 Å². The summed E-state index contributed by atoms with van der Waals surface area (Å²) >= 11 is 0. The highest BCUT2D eigenvalue weighted by Gasteiger charge is 2.36. The van der Waals surface area contributed by atoms with E-state index in [-0.39, 0.29) is 0 Å². The van der Waals surface area contributed by atoms with Crippen molar-refractivity contribution in [3.63, 3.8) is 0 Å². The van der Waals surface area contributed by atoms with Crippen LogP contribution in [-0.4, -0.2) is 57.1 Å². The molecule has 0 aromatic rings. The molecule has 2 rings (SSSR count). The van der Waals surface area contributed by atoms with Gasteiger partial charge in [-0.1, -0.05) is 0 Å². The lowest BCUT2D eigenvalue weighted by molar-refractivity contribution is -0.0983. The van der Waals surface area contributed by atoms with Gasteiger partial charge in [0.05, 0.1) is 14.2 Å². The molecule has 2 aliphatic rings. The van der Waals surface area contributed by atoms with Crippen LogP contribution in [0.25, 0.3) is 0 Å². The van der Waals surface area contributed by atoms with Gasteiger partial charge in [-0.3, -0.25) is 0 Å². The van der Waals surface area contributed by atoms with E-state index in [1.54, 1.807) is 0 Å². The zero-order chi connectivity index (χ0) is 18.9. The van der Waals surface area contributed by atoms with Crippen LogP contribution in [0, 0.1) is 0 Å². The number of hydrogen-bond acceptors (Lipinski definition) is 9. The Kier molecular flexibility index (Phi) is 7.80. The molecule has 0 aromatic heterocycles. The highest BCUT2D eigenvalue weighted by Crippen LogP contribution is 2.27. The smallest absolute Gasteiger partial charge is 0.438 e. The second-order valence-corrected chi connectivity index (χ2v) is 6.35. The molecule has 0 aromatic carbocycles. The van der Waals surface area contributed by atoms with Crippen molar-refractivity contribution in [1.29, 1.82) is 0 Å². The van der Waals surface area contributed by atoms with Crippen molar-refractivity contribution < 1.29 is 42.8 Å². The summed E-state index contributed by atoms with van der Waals surface area (Å²) in [6, 6.07) is 0. The third kappa shape index (κ3) is 5.96. The molecule has 0 bridgehead atoms. The average Bonchev–Trinajstić information content (AvgIpc) is 2.64. The summed E-state index contributed by atoms with van der Waals surface area (Å²) in [5, 5.41) is 0. The molecule has 0 radical (unpaired) electrons. The molecule has 26 heavy (non-hydrogen) atoms. The minimum Gasteiger partial charge on any atom is -0.438 e. The van der Waals surface area contributed by atoms with Gasteiger partial charge in [-0.15, -0.1) is 0 Å². The molecule has 0 saturated heterocycles. The molecule has 2 fully saturated rings. The SMILES string of the molecule is COC(=O)O[C@H]1CCCC[C@@H]1OC(=O)O[C@H]1CCCC[C@@H]1OC(=O)OC. The maximum absolute atomic E-state index is 12.2. The van der Waals surface area contributed by atoms with Crippen LogP contribution in [0.15, 0.2) is 0 Å². The zero-order valence-electron chi connectivity index (χ0n) is 15.1. The Balaban J connectivity index is 1.88. The highest BCUT2D eigenvalue weighted by molar-refractivity contribution is 5.62. The fourth-order valence-electron chi connectivity index (χ4n) is 3.28. The second-order valence-electron chi connectivity index (χ2n) is 6.35. The Morgan fingerprint density at radius 1 is 0.538 bits per heavy atom. The van der Waals surface area contributed by atoms with Gasteiger partial charge in [0.15, 0.2) is 0 Å². The van der Waals surface area contributed by atoms with Crippen molar-refractivity contribution in [2.75, 3.05) is 14.2 Å². The Morgan fingerprint density at radius 2 is 0.808 bits per heavy atom. The van der Waals surface area contributed by atoms with Crippen LogP contribution in [0.4, 0.5) is 14.4 Å². The molecular formula is C17H26O9. The molecule has 9 heteroatoms. The van der Waals surface area contributed by atoms with Crippen LogP contribution < -0.4 is 0 Å². The normalized spacial score (nSPS) is 28.4. The maximum atomic E-state index is 12.2. The van der Waals surface area contributed by atoms with E-state index in [4.69, 9.17) is 18.9 Å². The lowest BCUT2D eigenvalue weighted by Gasteiger charge is -2.32. The predicted molar refractivity (Wildman–Crippen MR) is 86.6 cm³/mol. The van der Waals surface area contributed by atoms with Crippen molar-refractivity contribution in [3.05, 3.63) is 0 Å². The standard InChI is InChI=1S/C17H26O9/c1-21-15(18)23-11-7-3-5-9-13(11)25-17(20)26-14-10-6-4-8-12(14)24-16(19)22-2/h11-14H,3-10H2,1-2H3/t11-,12-,13-,14-/m0/s1. The average molecular weight is 374 g/mol. The Bertz CT molecular complexity index is 451. The van der Waals surface area contributed by atoms with Gasteiger partial charge in [-0.25, -0.2) is 14.4 Å². The van der Waals surface area contributed by atoms with E-state index in [0.717, 1.165) is 25.7 Å². The van der Waals surface area contributed by atoms with Gasteiger partial charge < -0.3 is 28.4 Å². The molecule has 2 aliphatic carbocycles. The van der Waals surface area contributed by atoms with Crippen molar-refractivity contribution in [2.45, 2.75) is 75.8 Å². The van der Waals surface area contributed by atoms with E-state index < -0.39 is 42.9 Å². The van der Waals surface area contributed by atoms with E-state index >= 15 is 0 Å². The second kappa shape index (κ2) is 10.1. The molecule has 0 N–H and O–H groups in total. The summed E-state index contributed by atoms with van der Waals surface area (Å²) in [5.41, 5.74) is 0. The Morgan fingerprint density at radius 3 is 1.08 bits per heavy atom. The zero-order valence-corrected chi connectivity index (χ0v) is 15.1. The molecule has 9 nitrogen and oxygen atoms in total. The van der Waals surface area contributed by atoms with E-state index in [0.29, 0.717) is 25.7 Å². The van der Waals surface area contributed by atoms with Crippen molar-refractivity contribution in [1.82, 2.24) is 0 Å². The van der Waals surface area contributed by atoms with Gasteiger partial charge >= 0.3 is 18.5 Å². The number of hydrogen-bond donors (Lipinski definition) is 0. The number of rotatable bonds is 4. The molecule has 0 aliphatic heterocycles. The molecule has 0 amide bonds. The summed E-state index contributed by atoms with van der Waals surface area (Å²) in [6.07, 6.45) is 1.01. The number of carbonyl (C=O) groups excluding carboxylic acids is 3. The van der Waals surface area contributed by atoms with Crippen LogP contribution in [0.3, 0.4) is 0 Å². The fraction of sp³-hybridized carbons (Fsp3) is 0.824. The van der Waals surface area contributed by atoms with Crippen LogP contribution in [0.5, 0.6) is 0 Å². The number of methoxy groups -OCH3 is 2. The van der Waals surface area contributed by atoms with Crippen molar-refractivity contribution >= 4 is 18.5 Å². The Labute approximate surface area is 152 Å². The van der Waals surface area contributed by atoms with Crippen LogP contribution in [-0.2, 0) is 28.4 Å². The fourth-order valence-corrected chi connectivity index (χ4v) is 3.28. The summed E-state index contributed by atoms with van der Waals surface area (Å²) < 4.78 is 30.0. The quantitative estimate of drug-likeness (QED) is 0.541. The molecule has 0 heterocycles. The highest BCUT2D eigenvalue weighted by atomic mass is 16.8. The van der Waals surface area contributed by atoms with Gasteiger partial charge in [-0.05, 0) is 51.4 Å². The van der Waals surface area contributed by atoms with Crippen LogP contribution >= 0.6 is 0 Å². The molecule has 0 spiro atoms. The summed E-state index contributed by atoms with van der Waals surface area (Å²) in [6.45, 7) is 0. The van der Waals surface area contributed by atoms with E-state index in [1.807, 2.05) is 0 Å². The number of carbonyl (C=O) groups is 3. The van der Waals surface area contributed by atoms with Crippen LogP contribution in [0.1, 0.15) is 51.4 Å². The largest absolute Gasteiger partial charge is 0.509 e. The minimum absolute atomic E-state index is 0.558. The third-order valence-electron chi connectivity index (χ3n) is 4.61. The lowest BCUT2D eigenvalue weighted by Crippen LogP contribution is -2.41. The molecule has 0 unspecified atom stereocenters. The topological polar surface area (TPSA) is 107 Å². The summed E-state index contributed by atoms with van der Waals surface area (Å²) in [4.78, 5) is 34.8. The number of ether oxygens (including phenoxy) is 6. The third-order valence-corrected chi connectivity index (χ3v) is 4.61. The summed E-state index contributed by atoms with van der Waals surface area (Å²) in [5.74, 6) is 0. The van der Waals surface area contributed by atoms with Gasteiger partial charge in [0.2, 0.25) is 0 Å². The van der Waals surface area contributed by atoms with E-state index in [9.17, 15) is 14.4 Å². The predicted octanol–water partition coefficient (Wildman–Crippen LogP) is 3.33.